The van der Waals surface area contributed by atoms with Crippen molar-refractivity contribution in [2.75, 3.05) is 51.8 Å². The van der Waals surface area contributed by atoms with E-state index < -0.39 is 0 Å². The Morgan fingerprint density at radius 2 is 1.56 bits per heavy atom. The number of carbonyl (C=O) groups is 4. The number of hydrogen-bond acceptors (Lipinski definition) is 8. The van der Waals surface area contributed by atoms with Crippen LogP contribution in [-0.4, -0.2) is 85.6 Å². The maximum Gasteiger partial charge on any atom is 0.253 e. The van der Waals surface area contributed by atoms with E-state index >= 15 is 0 Å². The summed E-state index contributed by atoms with van der Waals surface area (Å²) < 4.78 is 10.8. The Morgan fingerprint density at radius 1 is 0.938 bits per heavy atom. The molecule has 4 amide bonds. The minimum absolute atomic E-state index is 0.0622. The number of rotatable bonds is 17. The van der Waals surface area contributed by atoms with Crippen molar-refractivity contribution in [3.63, 3.8) is 0 Å². The molecular formula is C21H33N3O6S2. The van der Waals surface area contributed by atoms with E-state index in [2.05, 4.69) is 10.6 Å². The van der Waals surface area contributed by atoms with E-state index in [-0.39, 0.29) is 36.6 Å². The van der Waals surface area contributed by atoms with Gasteiger partial charge in [0.1, 0.15) is 0 Å². The largest absolute Gasteiger partial charge is 0.377 e. The van der Waals surface area contributed by atoms with Crippen LogP contribution in [0.2, 0.25) is 0 Å². The first-order valence-electron chi connectivity index (χ1n) is 11.1. The molecule has 0 aromatic rings. The third-order valence-corrected chi connectivity index (χ3v) is 7.89. The summed E-state index contributed by atoms with van der Waals surface area (Å²) in [6.45, 7) is 2.48. The van der Waals surface area contributed by atoms with Gasteiger partial charge in [0, 0.05) is 55.6 Å². The second kappa shape index (κ2) is 16.1. The quantitative estimate of drug-likeness (QED) is 0.179. The van der Waals surface area contributed by atoms with Gasteiger partial charge in [-0.3, -0.25) is 24.1 Å². The Labute approximate surface area is 197 Å². The number of unbranched alkanes of at least 4 members (excludes halogenated alkanes) is 1. The van der Waals surface area contributed by atoms with Gasteiger partial charge in [0.2, 0.25) is 11.8 Å². The van der Waals surface area contributed by atoms with Crippen molar-refractivity contribution in [1.29, 1.82) is 0 Å². The van der Waals surface area contributed by atoms with Crippen LogP contribution in [-0.2, 0) is 28.7 Å². The topological polar surface area (TPSA) is 114 Å². The van der Waals surface area contributed by atoms with Crippen LogP contribution in [0.1, 0.15) is 38.5 Å². The predicted molar refractivity (Wildman–Crippen MR) is 125 cm³/mol. The monoisotopic (exact) mass is 487 g/mol. The summed E-state index contributed by atoms with van der Waals surface area (Å²) in [5, 5.41) is 6.30. The summed E-state index contributed by atoms with van der Waals surface area (Å²) in [5.41, 5.74) is 0. The minimum atomic E-state index is -0.390. The molecule has 0 saturated carbocycles. The van der Waals surface area contributed by atoms with Crippen LogP contribution in [0.15, 0.2) is 12.2 Å². The minimum Gasteiger partial charge on any atom is -0.377 e. The molecule has 9 nitrogen and oxygen atoms in total. The average Bonchev–Trinajstić information content (AvgIpc) is 3.41. The number of nitrogens with one attached hydrogen (secondary N) is 2. The maximum atomic E-state index is 11.8. The van der Waals surface area contributed by atoms with Gasteiger partial charge in [0.25, 0.3) is 11.8 Å². The molecule has 0 unspecified atom stereocenters. The molecule has 0 aromatic heterocycles. The average molecular weight is 488 g/mol. The fraction of sp³-hybridized carbons (Fsp3) is 0.714. The first-order valence-corrected chi connectivity index (χ1v) is 13.4. The van der Waals surface area contributed by atoms with Crippen LogP contribution in [0.5, 0.6) is 0 Å². The molecule has 0 bridgehead atoms. The highest BCUT2D eigenvalue weighted by Crippen LogP contribution is 2.39. The van der Waals surface area contributed by atoms with Crippen molar-refractivity contribution in [3.05, 3.63) is 12.2 Å². The predicted octanol–water partition coefficient (Wildman–Crippen LogP) is 1.28. The molecule has 1 fully saturated rings. The van der Waals surface area contributed by atoms with Crippen LogP contribution < -0.4 is 10.6 Å². The summed E-state index contributed by atoms with van der Waals surface area (Å²) in [7, 11) is 3.94. The fourth-order valence-electron chi connectivity index (χ4n) is 3.11. The van der Waals surface area contributed by atoms with Gasteiger partial charge in [-0.05, 0) is 19.3 Å². The first kappa shape index (κ1) is 26.7. The van der Waals surface area contributed by atoms with Crippen molar-refractivity contribution in [3.8, 4) is 0 Å². The van der Waals surface area contributed by atoms with E-state index in [1.54, 1.807) is 0 Å². The zero-order valence-corrected chi connectivity index (χ0v) is 20.0. The van der Waals surface area contributed by atoms with Gasteiger partial charge >= 0.3 is 0 Å². The molecule has 0 aliphatic carbocycles. The van der Waals surface area contributed by atoms with E-state index in [0.29, 0.717) is 45.9 Å². The Bertz CT molecular complexity index is 637. The molecule has 0 aromatic carbocycles. The molecule has 0 radical (unpaired) electrons. The zero-order valence-electron chi connectivity index (χ0n) is 18.3. The number of imide groups is 1. The summed E-state index contributed by atoms with van der Waals surface area (Å²) in [4.78, 5) is 47.3. The Hall–Kier alpha value is -1.56. The van der Waals surface area contributed by atoms with Crippen LogP contribution in [0, 0.1) is 0 Å². The highest BCUT2D eigenvalue weighted by molar-refractivity contribution is 8.77. The Kier molecular flexibility index (Phi) is 13.4. The van der Waals surface area contributed by atoms with Gasteiger partial charge in [-0.1, -0.05) is 28.0 Å². The Morgan fingerprint density at radius 3 is 2.16 bits per heavy atom. The van der Waals surface area contributed by atoms with E-state index in [4.69, 9.17) is 9.47 Å². The summed E-state index contributed by atoms with van der Waals surface area (Å²) >= 11 is 0. The molecular weight excluding hydrogens is 454 g/mol. The molecule has 2 heterocycles. The normalized spacial score (nSPS) is 17.9. The van der Waals surface area contributed by atoms with E-state index in [1.807, 2.05) is 21.6 Å². The molecule has 32 heavy (non-hydrogen) atoms. The first-order chi connectivity index (χ1) is 15.6. The van der Waals surface area contributed by atoms with E-state index in [1.165, 1.54) is 30.7 Å². The highest BCUT2D eigenvalue weighted by Gasteiger charge is 2.23. The third kappa shape index (κ3) is 11.3. The summed E-state index contributed by atoms with van der Waals surface area (Å²) in [6.07, 6.45) is 7.56. The molecule has 180 valence electrons. The van der Waals surface area contributed by atoms with E-state index in [0.717, 1.165) is 23.0 Å². The second-order valence-electron chi connectivity index (χ2n) is 7.41. The molecule has 1 atom stereocenters. The second-order valence-corrected chi connectivity index (χ2v) is 10.2. The third-order valence-electron chi connectivity index (χ3n) is 4.88. The van der Waals surface area contributed by atoms with Crippen LogP contribution in [0.3, 0.4) is 0 Å². The van der Waals surface area contributed by atoms with Crippen LogP contribution in [0.4, 0.5) is 0 Å². The van der Waals surface area contributed by atoms with Crippen LogP contribution in [0.25, 0.3) is 0 Å². The molecule has 1 saturated heterocycles. The van der Waals surface area contributed by atoms with Gasteiger partial charge in [-0.25, -0.2) is 0 Å². The molecule has 2 aliphatic heterocycles. The van der Waals surface area contributed by atoms with Gasteiger partial charge in [0.05, 0.1) is 26.4 Å². The fourth-order valence-corrected chi connectivity index (χ4v) is 6.14. The molecule has 2 N–H and O–H groups in total. The smallest absolute Gasteiger partial charge is 0.253 e. The van der Waals surface area contributed by atoms with Crippen LogP contribution >= 0.6 is 21.6 Å². The molecule has 0 spiro atoms. The number of amides is 4. The lowest BCUT2D eigenvalue weighted by Gasteiger charge is -2.13. The number of carbonyl (C=O) groups excluding carboxylic acids is 4. The number of nitrogens with zero attached hydrogens (tertiary/aromatic N) is 1. The van der Waals surface area contributed by atoms with Gasteiger partial charge in [-0.2, -0.15) is 0 Å². The number of hydrogen-bond donors (Lipinski definition) is 2. The molecule has 2 rings (SSSR count). The lowest BCUT2D eigenvalue weighted by atomic mass is 10.1. The standard InChI is InChI=1S/C21H33N3O6S2/c25-18(4-2-1-3-17-8-16-31-32-17)22-9-12-29-14-15-30-13-10-23-19(26)7-11-24-20(27)5-6-21(24)28/h5-6,17H,1-4,7-16H2,(H,22,25)(H,23,26)/t17-/m1/s1. The zero-order chi connectivity index (χ0) is 23.0. The SMILES string of the molecule is O=C(CCCC[C@@H]1CCSS1)NCCOCCOCCNC(=O)CCN1C(=O)C=CC1=O. The lowest BCUT2D eigenvalue weighted by molar-refractivity contribution is -0.137. The lowest BCUT2D eigenvalue weighted by Crippen LogP contribution is -2.35. The molecule has 2 aliphatic rings. The van der Waals surface area contributed by atoms with Crippen molar-refractivity contribution >= 4 is 45.2 Å². The number of ether oxygens (including phenoxy) is 2. The summed E-state index contributed by atoms with van der Waals surface area (Å²) in [6, 6.07) is 0. The van der Waals surface area contributed by atoms with E-state index in [9.17, 15) is 19.2 Å². The summed E-state index contributed by atoms with van der Waals surface area (Å²) in [5.74, 6) is 0.300. The van der Waals surface area contributed by atoms with Crippen molar-refractivity contribution in [2.45, 2.75) is 43.8 Å². The van der Waals surface area contributed by atoms with Gasteiger partial charge in [0.15, 0.2) is 0 Å². The Balaban J connectivity index is 1.30. The van der Waals surface area contributed by atoms with Crippen molar-refractivity contribution in [1.82, 2.24) is 15.5 Å². The van der Waals surface area contributed by atoms with Crippen molar-refractivity contribution < 1.29 is 28.7 Å². The van der Waals surface area contributed by atoms with Gasteiger partial charge < -0.3 is 20.1 Å². The van der Waals surface area contributed by atoms with Gasteiger partial charge in [-0.15, -0.1) is 0 Å². The maximum absolute atomic E-state index is 11.8. The van der Waals surface area contributed by atoms with Crippen molar-refractivity contribution in [2.24, 2.45) is 0 Å². The molecule has 11 heteroatoms. The highest BCUT2D eigenvalue weighted by atomic mass is 33.1.